The molecule has 1 saturated heterocycles. The molecule has 2 rings (SSSR count). The lowest BCUT2D eigenvalue weighted by molar-refractivity contribution is 0.0835. The van der Waals surface area contributed by atoms with Crippen LogP contribution in [0.4, 0.5) is 0 Å². The molecule has 1 fully saturated rings. The molecule has 0 bridgehead atoms. The summed E-state index contributed by atoms with van der Waals surface area (Å²) in [6.45, 7) is 6.78. The molecule has 112 valence electrons. The molecule has 1 aliphatic rings. The maximum atomic E-state index is 6.36. The average molecular weight is 296 g/mol. The Morgan fingerprint density at radius 2 is 1.75 bits per heavy atom. The fourth-order valence-electron chi connectivity index (χ4n) is 3.21. The summed E-state index contributed by atoms with van der Waals surface area (Å²) in [5, 5.41) is 0.776. The molecular formula is C16H26ClN3. The van der Waals surface area contributed by atoms with E-state index in [0.29, 0.717) is 0 Å². The van der Waals surface area contributed by atoms with Crippen LogP contribution >= 0.6 is 11.6 Å². The molecule has 0 saturated carbocycles. The van der Waals surface area contributed by atoms with Gasteiger partial charge >= 0.3 is 0 Å². The molecule has 3 nitrogen and oxygen atoms in total. The van der Waals surface area contributed by atoms with E-state index in [4.69, 9.17) is 17.4 Å². The Hall–Kier alpha value is -0.610. The molecule has 1 unspecified atom stereocenters. The third-order valence-electron chi connectivity index (χ3n) is 4.51. The summed E-state index contributed by atoms with van der Waals surface area (Å²) in [6, 6.07) is 7.99. The number of likely N-dealkylation sites (tertiary alicyclic amines) is 1. The minimum atomic E-state index is -0.0654. The summed E-state index contributed by atoms with van der Waals surface area (Å²) in [5.74, 6) is 5.87. The molecule has 0 aliphatic carbocycles. The first-order valence-corrected chi connectivity index (χ1v) is 7.91. The van der Waals surface area contributed by atoms with Gasteiger partial charge in [0.05, 0.1) is 6.04 Å². The van der Waals surface area contributed by atoms with Crippen LogP contribution in [0, 0.1) is 0 Å². The molecule has 1 aromatic carbocycles. The van der Waals surface area contributed by atoms with Crippen LogP contribution in [0.3, 0.4) is 0 Å². The Morgan fingerprint density at radius 1 is 1.15 bits per heavy atom. The lowest BCUT2D eigenvalue weighted by atomic mass is 9.87. The fraction of sp³-hybridized carbons (Fsp3) is 0.625. The van der Waals surface area contributed by atoms with Crippen molar-refractivity contribution < 1.29 is 0 Å². The van der Waals surface area contributed by atoms with Gasteiger partial charge in [-0.05, 0) is 51.4 Å². The maximum Gasteiger partial charge on any atom is 0.0653 e. The number of rotatable bonds is 4. The second kappa shape index (κ2) is 6.90. The molecule has 3 N–H and O–H groups in total. The van der Waals surface area contributed by atoms with Gasteiger partial charge in [-0.2, -0.15) is 0 Å². The Bertz CT molecular complexity index is 425. The molecule has 0 radical (unpaired) electrons. The number of hydrogen-bond donors (Lipinski definition) is 2. The zero-order valence-electron chi connectivity index (χ0n) is 12.5. The first-order valence-electron chi connectivity index (χ1n) is 7.53. The van der Waals surface area contributed by atoms with Crippen molar-refractivity contribution in [2.45, 2.75) is 51.1 Å². The molecule has 0 amide bonds. The predicted molar refractivity (Wildman–Crippen MR) is 85.6 cm³/mol. The second-order valence-corrected chi connectivity index (χ2v) is 6.58. The van der Waals surface area contributed by atoms with Crippen LogP contribution in [-0.2, 0) is 0 Å². The van der Waals surface area contributed by atoms with Gasteiger partial charge in [0.1, 0.15) is 0 Å². The van der Waals surface area contributed by atoms with E-state index in [1.54, 1.807) is 0 Å². The number of benzene rings is 1. The Balaban J connectivity index is 2.26. The zero-order chi connectivity index (χ0) is 14.6. The first kappa shape index (κ1) is 15.8. The Labute approximate surface area is 127 Å². The van der Waals surface area contributed by atoms with Crippen LogP contribution in [0.1, 0.15) is 51.1 Å². The summed E-state index contributed by atoms with van der Waals surface area (Å²) in [7, 11) is 0. The smallest absolute Gasteiger partial charge is 0.0653 e. The van der Waals surface area contributed by atoms with Crippen molar-refractivity contribution in [3.05, 3.63) is 34.9 Å². The maximum absolute atomic E-state index is 6.36. The largest absolute Gasteiger partial charge is 0.296 e. The van der Waals surface area contributed by atoms with Gasteiger partial charge in [0.15, 0.2) is 0 Å². The summed E-state index contributed by atoms with van der Waals surface area (Å²) >= 11 is 6.36. The highest BCUT2D eigenvalue weighted by atomic mass is 35.5. The summed E-state index contributed by atoms with van der Waals surface area (Å²) < 4.78 is 0. The van der Waals surface area contributed by atoms with Gasteiger partial charge < -0.3 is 0 Å². The van der Waals surface area contributed by atoms with Crippen molar-refractivity contribution in [2.75, 3.05) is 13.1 Å². The van der Waals surface area contributed by atoms with E-state index in [2.05, 4.69) is 30.2 Å². The lowest BCUT2D eigenvalue weighted by Crippen LogP contribution is -2.54. The Morgan fingerprint density at radius 3 is 2.30 bits per heavy atom. The molecule has 4 heteroatoms. The van der Waals surface area contributed by atoms with Crippen LogP contribution in [-0.4, -0.2) is 23.5 Å². The monoisotopic (exact) mass is 295 g/mol. The summed E-state index contributed by atoms with van der Waals surface area (Å²) in [5.41, 5.74) is 4.00. The van der Waals surface area contributed by atoms with E-state index >= 15 is 0 Å². The summed E-state index contributed by atoms with van der Waals surface area (Å²) in [4.78, 5) is 2.55. The molecular weight excluding hydrogens is 270 g/mol. The lowest BCUT2D eigenvalue weighted by Gasteiger charge is -2.44. The van der Waals surface area contributed by atoms with E-state index in [9.17, 15) is 0 Å². The van der Waals surface area contributed by atoms with Crippen LogP contribution in [0.25, 0.3) is 0 Å². The second-order valence-electron chi connectivity index (χ2n) is 6.18. The van der Waals surface area contributed by atoms with Gasteiger partial charge in [0, 0.05) is 10.6 Å². The molecule has 1 heterocycles. The van der Waals surface area contributed by atoms with Gasteiger partial charge in [0.25, 0.3) is 0 Å². The number of halogens is 1. The van der Waals surface area contributed by atoms with Crippen molar-refractivity contribution in [1.82, 2.24) is 10.3 Å². The van der Waals surface area contributed by atoms with Gasteiger partial charge in [0.2, 0.25) is 0 Å². The molecule has 1 aromatic rings. The third-order valence-corrected chi connectivity index (χ3v) is 4.85. The number of nitrogens with two attached hydrogens (primary N) is 1. The minimum absolute atomic E-state index is 0.0225. The van der Waals surface area contributed by atoms with Gasteiger partial charge in [-0.15, -0.1) is 0 Å². The highest BCUT2D eigenvalue weighted by Gasteiger charge is 2.36. The van der Waals surface area contributed by atoms with Crippen LogP contribution < -0.4 is 11.3 Å². The quantitative estimate of drug-likeness (QED) is 0.660. The van der Waals surface area contributed by atoms with E-state index < -0.39 is 0 Å². The number of hydrogen-bond acceptors (Lipinski definition) is 3. The molecule has 1 atom stereocenters. The van der Waals surface area contributed by atoms with Gasteiger partial charge in [-0.1, -0.05) is 42.6 Å². The van der Waals surface area contributed by atoms with Crippen molar-refractivity contribution in [1.29, 1.82) is 0 Å². The fourth-order valence-corrected chi connectivity index (χ4v) is 3.46. The van der Waals surface area contributed by atoms with Crippen molar-refractivity contribution in [3.63, 3.8) is 0 Å². The van der Waals surface area contributed by atoms with Crippen molar-refractivity contribution in [3.8, 4) is 0 Å². The molecule has 20 heavy (non-hydrogen) atoms. The van der Waals surface area contributed by atoms with E-state index in [-0.39, 0.29) is 11.6 Å². The van der Waals surface area contributed by atoms with Crippen molar-refractivity contribution in [2.24, 2.45) is 5.84 Å². The van der Waals surface area contributed by atoms with Crippen LogP contribution in [0.15, 0.2) is 24.3 Å². The number of hydrazine groups is 1. The first-order chi connectivity index (χ1) is 9.57. The number of nitrogens with zero attached hydrogens (tertiary/aromatic N) is 1. The summed E-state index contributed by atoms with van der Waals surface area (Å²) in [6.07, 6.45) is 5.20. The average Bonchev–Trinajstić information content (AvgIpc) is 2.71. The minimum Gasteiger partial charge on any atom is -0.296 e. The van der Waals surface area contributed by atoms with Crippen LogP contribution in [0.5, 0.6) is 0 Å². The third kappa shape index (κ3) is 3.34. The van der Waals surface area contributed by atoms with Crippen LogP contribution in [0.2, 0.25) is 5.02 Å². The van der Waals surface area contributed by atoms with E-state index in [1.165, 1.54) is 25.7 Å². The van der Waals surface area contributed by atoms with E-state index in [0.717, 1.165) is 23.7 Å². The Kier molecular flexibility index (Phi) is 5.44. The van der Waals surface area contributed by atoms with Gasteiger partial charge in [-0.3, -0.25) is 16.2 Å². The highest BCUT2D eigenvalue weighted by Crippen LogP contribution is 2.35. The molecule has 1 aliphatic heterocycles. The molecule has 0 aromatic heterocycles. The topological polar surface area (TPSA) is 41.3 Å². The number of nitrogens with one attached hydrogen (secondary N) is 1. The highest BCUT2D eigenvalue weighted by molar-refractivity contribution is 6.31. The van der Waals surface area contributed by atoms with Crippen molar-refractivity contribution >= 4 is 11.6 Å². The SMILES string of the molecule is CC(C)(C(NN)c1ccccc1Cl)N1CCCCCC1. The standard InChI is InChI=1S/C16H26ClN3/c1-16(2,20-11-7-3-4-8-12-20)15(19-18)13-9-5-6-10-14(13)17/h5-6,9-10,15,19H,3-4,7-8,11-12,18H2,1-2H3. The molecule has 0 spiro atoms. The predicted octanol–water partition coefficient (Wildman–Crippen LogP) is 3.50. The zero-order valence-corrected chi connectivity index (χ0v) is 13.3. The normalized spacial score (nSPS) is 19.6. The van der Waals surface area contributed by atoms with Gasteiger partial charge in [-0.25, -0.2) is 0 Å². The van der Waals surface area contributed by atoms with E-state index in [1.807, 2.05) is 18.2 Å².